The van der Waals surface area contributed by atoms with Crippen LogP contribution >= 0.6 is 23.2 Å². The Labute approximate surface area is 155 Å². The summed E-state index contributed by atoms with van der Waals surface area (Å²) in [4.78, 5) is 27.9. The van der Waals surface area contributed by atoms with Gasteiger partial charge in [-0.1, -0.05) is 23.2 Å². The van der Waals surface area contributed by atoms with Crippen LogP contribution in [0.1, 0.15) is 31.8 Å². The molecular formula is C18H16Cl2N2O3. The minimum absolute atomic E-state index is 0.0112. The lowest BCUT2D eigenvalue weighted by atomic mass is 9.82. The second kappa shape index (κ2) is 6.67. The van der Waals surface area contributed by atoms with E-state index in [2.05, 4.69) is 5.32 Å². The van der Waals surface area contributed by atoms with E-state index in [1.165, 1.54) is 12.1 Å². The van der Waals surface area contributed by atoms with Gasteiger partial charge in [0.2, 0.25) is 0 Å². The van der Waals surface area contributed by atoms with Crippen molar-refractivity contribution in [1.82, 2.24) is 4.90 Å². The molecule has 2 aromatic rings. The van der Waals surface area contributed by atoms with Crippen molar-refractivity contribution in [2.75, 3.05) is 32.5 Å². The number of fused-ring (bicyclic) bond motifs is 2. The van der Waals surface area contributed by atoms with Crippen LogP contribution in [0.5, 0.6) is 5.75 Å². The zero-order chi connectivity index (χ0) is 18.3. The third-order valence-electron chi connectivity index (χ3n) is 4.07. The number of nitrogens with zero attached hydrogens (tertiary/aromatic N) is 1. The van der Waals surface area contributed by atoms with E-state index in [0.717, 1.165) is 6.54 Å². The van der Waals surface area contributed by atoms with Crippen molar-refractivity contribution in [3.05, 3.63) is 56.6 Å². The molecule has 1 aliphatic carbocycles. The van der Waals surface area contributed by atoms with Crippen molar-refractivity contribution in [2.45, 2.75) is 0 Å². The summed E-state index contributed by atoms with van der Waals surface area (Å²) in [6, 6.07) is 5.93. The first kappa shape index (κ1) is 17.7. The summed E-state index contributed by atoms with van der Waals surface area (Å²) >= 11 is 12.3. The standard InChI is InChI=1S/C18H16Cl2N2O3/c1-22(2)8-7-21-11-5-3-9(19)13-15(11)17(24)14-10(20)4-6-12(23)16(14)18(13)25/h3-6,21,23H,7-8H2,1-2H3. The third-order valence-corrected chi connectivity index (χ3v) is 4.70. The van der Waals surface area contributed by atoms with E-state index < -0.39 is 11.6 Å². The summed E-state index contributed by atoms with van der Waals surface area (Å²) in [5.74, 6) is -1.23. The first-order valence-electron chi connectivity index (χ1n) is 7.65. The predicted molar refractivity (Wildman–Crippen MR) is 98.5 cm³/mol. The lowest BCUT2D eigenvalue weighted by Gasteiger charge is -2.23. The van der Waals surface area contributed by atoms with Gasteiger partial charge in [-0.15, -0.1) is 0 Å². The Morgan fingerprint density at radius 3 is 2.12 bits per heavy atom. The second-order valence-electron chi connectivity index (χ2n) is 6.05. The Morgan fingerprint density at radius 2 is 1.48 bits per heavy atom. The van der Waals surface area contributed by atoms with Crippen molar-refractivity contribution in [1.29, 1.82) is 0 Å². The zero-order valence-corrected chi connectivity index (χ0v) is 15.2. The average molecular weight is 379 g/mol. The number of halogens is 2. The van der Waals surface area contributed by atoms with Crippen LogP contribution in [0.3, 0.4) is 0 Å². The lowest BCUT2D eigenvalue weighted by Crippen LogP contribution is -2.25. The van der Waals surface area contributed by atoms with Gasteiger partial charge in [0.05, 0.1) is 32.3 Å². The van der Waals surface area contributed by atoms with E-state index in [-0.39, 0.29) is 38.0 Å². The summed E-state index contributed by atoms with van der Waals surface area (Å²) in [6.07, 6.45) is 0. The highest BCUT2D eigenvalue weighted by atomic mass is 35.5. The monoisotopic (exact) mass is 378 g/mol. The van der Waals surface area contributed by atoms with E-state index >= 15 is 0 Å². The number of carbonyl (C=O) groups excluding carboxylic acids is 2. The molecule has 25 heavy (non-hydrogen) atoms. The summed E-state index contributed by atoms with van der Waals surface area (Å²) in [5.41, 5.74) is 0.710. The largest absolute Gasteiger partial charge is 0.507 e. The number of aromatic hydroxyl groups is 1. The van der Waals surface area contributed by atoms with Gasteiger partial charge in [-0.25, -0.2) is 0 Å². The normalized spacial score (nSPS) is 13.0. The number of likely N-dealkylation sites (N-methyl/N-ethyl adjacent to an activating group) is 1. The maximum atomic E-state index is 13.0. The number of nitrogens with one attached hydrogen (secondary N) is 1. The first-order chi connectivity index (χ1) is 11.8. The molecule has 0 bridgehead atoms. The molecule has 5 nitrogen and oxygen atoms in total. The van der Waals surface area contributed by atoms with Crippen LogP contribution < -0.4 is 5.32 Å². The zero-order valence-electron chi connectivity index (χ0n) is 13.7. The number of hydrogen-bond acceptors (Lipinski definition) is 5. The highest BCUT2D eigenvalue weighted by molar-refractivity contribution is 6.43. The number of phenolic OH excluding ortho intramolecular Hbond substituents is 1. The van der Waals surface area contributed by atoms with E-state index in [9.17, 15) is 14.7 Å². The van der Waals surface area contributed by atoms with Gasteiger partial charge in [-0.3, -0.25) is 9.59 Å². The number of phenols is 1. The van der Waals surface area contributed by atoms with Gasteiger partial charge in [-0.2, -0.15) is 0 Å². The number of rotatable bonds is 4. The van der Waals surface area contributed by atoms with Crippen LogP contribution in [-0.4, -0.2) is 48.8 Å². The minimum Gasteiger partial charge on any atom is -0.507 e. The summed E-state index contributed by atoms with van der Waals surface area (Å²) in [6.45, 7) is 1.33. The summed E-state index contributed by atoms with van der Waals surface area (Å²) < 4.78 is 0. The Hall–Kier alpha value is -2.08. The van der Waals surface area contributed by atoms with Crippen molar-refractivity contribution in [3.8, 4) is 5.75 Å². The van der Waals surface area contributed by atoms with E-state index in [1.807, 2.05) is 19.0 Å². The van der Waals surface area contributed by atoms with Gasteiger partial charge in [0.25, 0.3) is 0 Å². The molecule has 0 amide bonds. The molecule has 2 aromatic carbocycles. The molecule has 0 heterocycles. The van der Waals surface area contributed by atoms with Gasteiger partial charge in [0.1, 0.15) is 5.75 Å². The van der Waals surface area contributed by atoms with Crippen LogP contribution in [0, 0.1) is 0 Å². The van der Waals surface area contributed by atoms with Crippen LogP contribution in [0.2, 0.25) is 10.0 Å². The summed E-state index contributed by atoms with van der Waals surface area (Å²) in [7, 11) is 3.87. The molecule has 1 aliphatic rings. The molecule has 0 saturated heterocycles. The molecule has 0 atom stereocenters. The molecule has 130 valence electrons. The van der Waals surface area contributed by atoms with Crippen molar-refractivity contribution < 1.29 is 14.7 Å². The molecule has 7 heteroatoms. The van der Waals surface area contributed by atoms with Crippen LogP contribution in [-0.2, 0) is 0 Å². The Balaban J connectivity index is 2.16. The van der Waals surface area contributed by atoms with Crippen molar-refractivity contribution >= 4 is 40.5 Å². The highest BCUT2D eigenvalue weighted by Crippen LogP contribution is 2.41. The van der Waals surface area contributed by atoms with E-state index in [1.54, 1.807) is 12.1 Å². The lowest BCUT2D eigenvalue weighted by molar-refractivity contribution is 0.0977. The van der Waals surface area contributed by atoms with Crippen molar-refractivity contribution in [2.24, 2.45) is 0 Å². The first-order valence-corrected chi connectivity index (χ1v) is 8.40. The molecular weight excluding hydrogens is 363 g/mol. The SMILES string of the molecule is CN(C)CCNc1ccc(Cl)c2c1C(=O)c1c(Cl)ccc(O)c1C2=O. The number of hydrogen-bond donors (Lipinski definition) is 2. The maximum absolute atomic E-state index is 13.0. The van der Waals surface area contributed by atoms with E-state index in [4.69, 9.17) is 23.2 Å². The fraction of sp³-hybridized carbons (Fsp3) is 0.222. The van der Waals surface area contributed by atoms with Crippen molar-refractivity contribution in [3.63, 3.8) is 0 Å². The van der Waals surface area contributed by atoms with Gasteiger partial charge in [0, 0.05) is 18.8 Å². The van der Waals surface area contributed by atoms with Crippen LogP contribution in [0.15, 0.2) is 24.3 Å². The fourth-order valence-corrected chi connectivity index (χ4v) is 3.35. The molecule has 0 unspecified atom stereocenters. The highest BCUT2D eigenvalue weighted by Gasteiger charge is 2.37. The quantitative estimate of drug-likeness (QED) is 0.727. The maximum Gasteiger partial charge on any atom is 0.199 e. The van der Waals surface area contributed by atoms with Crippen LogP contribution in [0.25, 0.3) is 0 Å². The van der Waals surface area contributed by atoms with Gasteiger partial charge in [-0.05, 0) is 38.4 Å². The van der Waals surface area contributed by atoms with Gasteiger partial charge in [0.15, 0.2) is 11.6 Å². The number of carbonyl (C=O) groups is 2. The topological polar surface area (TPSA) is 69.6 Å². The second-order valence-corrected chi connectivity index (χ2v) is 6.86. The fourth-order valence-electron chi connectivity index (χ4n) is 2.86. The molecule has 0 saturated carbocycles. The van der Waals surface area contributed by atoms with E-state index in [0.29, 0.717) is 12.2 Å². The number of ketones is 2. The van der Waals surface area contributed by atoms with Gasteiger partial charge >= 0.3 is 0 Å². The summed E-state index contributed by atoms with van der Waals surface area (Å²) in [5, 5.41) is 13.5. The smallest absolute Gasteiger partial charge is 0.199 e. The Kier molecular flexibility index (Phi) is 4.73. The molecule has 0 fully saturated rings. The number of anilines is 1. The predicted octanol–water partition coefficient (Wildman–Crippen LogP) is 3.45. The Bertz CT molecular complexity index is 894. The molecule has 0 spiro atoms. The molecule has 2 N–H and O–H groups in total. The minimum atomic E-state index is -0.508. The average Bonchev–Trinajstić information content (AvgIpc) is 2.55. The molecule has 0 aromatic heterocycles. The Morgan fingerprint density at radius 1 is 0.920 bits per heavy atom. The number of benzene rings is 2. The van der Waals surface area contributed by atoms with Gasteiger partial charge < -0.3 is 15.3 Å². The third kappa shape index (κ3) is 2.99. The molecule has 0 aliphatic heterocycles. The molecule has 0 radical (unpaired) electrons. The molecule has 3 rings (SSSR count). The van der Waals surface area contributed by atoms with Crippen LogP contribution in [0.4, 0.5) is 5.69 Å².